The fourth-order valence-electron chi connectivity index (χ4n) is 1.22. The molecular formula is C9H18FN. The van der Waals surface area contributed by atoms with Crippen molar-refractivity contribution >= 4 is 0 Å². The summed E-state index contributed by atoms with van der Waals surface area (Å²) in [6.45, 7) is 4.23. The molecule has 1 fully saturated rings. The molecule has 66 valence electrons. The van der Waals surface area contributed by atoms with Crippen molar-refractivity contribution in [1.29, 1.82) is 0 Å². The van der Waals surface area contributed by atoms with Crippen molar-refractivity contribution in [2.75, 3.05) is 0 Å². The highest BCUT2D eigenvalue weighted by molar-refractivity contribution is 5.04. The predicted molar refractivity (Wildman–Crippen MR) is 45.1 cm³/mol. The van der Waals surface area contributed by atoms with E-state index in [4.69, 9.17) is 5.73 Å². The van der Waals surface area contributed by atoms with Crippen LogP contribution in [-0.2, 0) is 0 Å². The normalized spacial score (nSPS) is 23.7. The minimum atomic E-state index is -0.759. The van der Waals surface area contributed by atoms with Crippen LogP contribution in [0.2, 0.25) is 0 Å². The lowest BCUT2D eigenvalue weighted by Gasteiger charge is -2.15. The Balaban J connectivity index is 2.16. The fraction of sp³-hybridized carbons (Fsp3) is 1.00. The summed E-state index contributed by atoms with van der Waals surface area (Å²) in [7, 11) is 0. The van der Waals surface area contributed by atoms with Crippen molar-refractivity contribution in [2.45, 2.75) is 51.2 Å². The third-order valence-electron chi connectivity index (χ3n) is 2.45. The molecule has 2 heteroatoms. The van der Waals surface area contributed by atoms with E-state index in [0.29, 0.717) is 12.3 Å². The summed E-state index contributed by atoms with van der Waals surface area (Å²) >= 11 is 0. The van der Waals surface area contributed by atoms with E-state index in [1.807, 2.05) is 0 Å². The molecule has 0 saturated heterocycles. The van der Waals surface area contributed by atoms with Gasteiger partial charge < -0.3 is 5.73 Å². The van der Waals surface area contributed by atoms with Gasteiger partial charge in [0.15, 0.2) is 0 Å². The maximum atomic E-state index is 13.2. The molecule has 0 heterocycles. The minimum absolute atomic E-state index is 0.422. The van der Waals surface area contributed by atoms with Crippen molar-refractivity contribution in [3.8, 4) is 0 Å². The number of nitrogens with two attached hydrogens (primary N) is 1. The highest BCUT2D eigenvalue weighted by Gasteiger charge is 2.45. The molecule has 0 spiro atoms. The summed E-state index contributed by atoms with van der Waals surface area (Å²) in [5.41, 5.74) is 5.28. The Morgan fingerprint density at radius 2 is 1.91 bits per heavy atom. The fourth-order valence-corrected chi connectivity index (χ4v) is 1.22. The zero-order valence-corrected chi connectivity index (χ0v) is 7.44. The van der Waals surface area contributed by atoms with Crippen LogP contribution in [0.1, 0.15) is 39.5 Å². The highest BCUT2D eigenvalue weighted by atomic mass is 19.1. The van der Waals surface area contributed by atoms with Crippen LogP contribution in [0.3, 0.4) is 0 Å². The van der Waals surface area contributed by atoms with Gasteiger partial charge in [-0.2, -0.15) is 0 Å². The summed E-state index contributed by atoms with van der Waals surface area (Å²) in [6.07, 6.45) is 2.61. The molecule has 1 aliphatic rings. The van der Waals surface area contributed by atoms with E-state index in [0.717, 1.165) is 19.3 Å². The molecule has 1 saturated carbocycles. The first kappa shape index (κ1) is 8.98. The zero-order chi connectivity index (χ0) is 8.48. The molecule has 0 aromatic carbocycles. The van der Waals surface area contributed by atoms with Crippen LogP contribution in [0.25, 0.3) is 0 Å². The molecule has 0 aromatic rings. The van der Waals surface area contributed by atoms with E-state index < -0.39 is 11.7 Å². The van der Waals surface area contributed by atoms with E-state index in [1.165, 1.54) is 0 Å². The number of hydrogen-bond donors (Lipinski definition) is 1. The molecule has 2 N–H and O–H groups in total. The molecule has 1 rings (SSSR count). The molecule has 1 atom stereocenters. The van der Waals surface area contributed by atoms with Gasteiger partial charge in [-0.1, -0.05) is 13.8 Å². The number of alkyl halides is 1. The smallest absolute Gasteiger partial charge is 0.118 e. The van der Waals surface area contributed by atoms with Crippen LogP contribution < -0.4 is 5.73 Å². The first-order chi connectivity index (χ1) is 5.04. The van der Waals surface area contributed by atoms with Crippen molar-refractivity contribution in [3.05, 3.63) is 0 Å². The second-order valence-electron chi connectivity index (χ2n) is 4.17. The quantitative estimate of drug-likeness (QED) is 0.669. The van der Waals surface area contributed by atoms with E-state index in [1.54, 1.807) is 0 Å². The Morgan fingerprint density at radius 1 is 1.36 bits per heavy atom. The molecule has 1 unspecified atom stereocenters. The van der Waals surface area contributed by atoms with Gasteiger partial charge in [0.05, 0.1) is 0 Å². The van der Waals surface area contributed by atoms with Gasteiger partial charge in [-0.05, 0) is 31.6 Å². The van der Waals surface area contributed by atoms with Crippen LogP contribution in [0, 0.1) is 5.92 Å². The van der Waals surface area contributed by atoms with Gasteiger partial charge >= 0.3 is 0 Å². The van der Waals surface area contributed by atoms with Gasteiger partial charge in [-0.25, -0.2) is 4.39 Å². The van der Waals surface area contributed by atoms with Gasteiger partial charge in [-0.3, -0.25) is 0 Å². The second kappa shape index (κ2) is 3.10. The van der Waals surface area contributed by atoms with Crippen LogP contribution in [0.15, 0.2) is 0 Å². The Labute approximate surface area is 68.2 Å². The van der Waals surface area contributed by atoms with Crippen molar-refractivity contribution in [2.24, 2.45) is 11.7 Å². The molecule has 0 aliphatic heterocycles. The van der Waals surface area contributed by atoms with Gasteiger partial charge in [-0.15, -0.1) is 0 Å². The van der Waals surface area contributed by atoms with Crippen molar-refractivity contribution in [1.82, 2.24) is 0 Å². The Hall–Kier alpha value is -0.110. The van der Waals surface area contributed by atoms with Crippen molar-refractivity contribution in [3.63, 3.8) is 0 Å². The summed E-state index contributed by atoms with van der Waals surface area (Å²) in [5, 5.41) is 0. The second-order valence-corrected chi connectivity index (χ2v) is 4.17. The highest BCUT2D eigenvalue weighted by Crippen LogP contribution is 2.39. The first-order valence-corrected chi connectivity index (χ1v) is 4.47. The lowest BCUT2D eigenvalue weighted by molar-refractivity contribution is 0.238. The van der Waals surface area contributed by atoms with Crippen LogP contribution in [0.4, 0.5) is 4.39 Å². The third-order valence-corrected chi connectivity index (χ3v) is 2.45. The van der Waals surface area contributed by atoms with Crippen LogP contribution in [0.5, 0.6) is 0 Å². The SMILES string of the molecule is CC(C)CCC(F)C1(N)CC1. The minimum Gasteiger partial charge on any atom is -0.323 e. The average Bonchev–Trinajstić information content (AvgIpc) is 2.64. The van der Waals surface area contributed by atoms with Crippen molar-refractivity contribution < 1.29 is 4.39 Å². The topological polar surface area (TPSA) is 26.0 Å². The summed E-state index contributed by atoms with van der Waals surface area (Å²) in [6, 6.07) is 0. The molecule has 0 radical (unpaired) electrons. The summed E-state index contributed by atoms with van der Waals surface area (Å²) < 4.78 is 13.2. The Morgan fingerprint density at radius 3 is 2.27 bits per heavy atom. The van der Waals surface area contributed by atoms with Gasteiger partial charge in [0.2, 0.25) is 0 Å². The molecule has 0 amide bonds. The molecule has 11 heavy (non-hydrogen) atoms. The average molecular weight is 159 g/mol. The van der Waals surface area contributed by atoms with E-state index in [2.05, 4.69) is 13.8 Å². The number of rotatable bonds is 4. The molecule has 1 nitrogen and oxygen atoms in total. The summed E-state index contributed by atoms with van der Waals surface area (Å²) in [4.78, 5) is 0. The zero-order valence-electron chi connectivity index (χ0n) is 7.44. The predicted octanol–water partition coefficient (Wildman–Crippen LogP) is 2.25. The molecule has 0 aromatic heterocycles. The third kappa shape index (κ3) is 2.44. The first-order valence-electron chi connectivity index (χ1n) is 4.47. The van der Waals surface area contributed by atoms with E-state index >= 15 is 0 Å². The van der Waals surface area contributed by atoms with Crippen LogP contribution in [-0.4, -0.2) is 11.7 Å². The largest absolute Gasteiger partial charge is 0.323 e. The maximum Gasteiger partial charge on any atom is 0.118 e. The van der Waals surface area contributed by atoms with Gasteiger partial charge in [0.25, 0.3) is 0 Å². The van der Waals surface area contributed by atoms with Gasteiger partial charge in [0, 0.05) is 5.54 Å². The number of halogens is 1. The maximum absolute atomic E-state index is 13.2. The van der Waals surface area contributed by atoms with E-state index in [-0.39, 0.29) is 0 Å². The van der Waals surface area contributed by atoms with Gasteiger partial charge in [0.1, 0.15) is 6.17 Å². The molecular weight excluding hydrogens is 141 g/mol. The Kier molecular flexibility index (Phi) is 2.53. The standard InChI is InChI=1S/C9H18FN/c1-7(2)3-4-8(10)9(11)5-6-9/h7-8H,3-6,11H2,1-2H3. The number of hydrogen-bond acceptors (Lipinski definition) is 1. The lowest BCUT2D eigenvalue weighted by Crippen LogP contribution is -2.34. The monoisotopic (exact) mass is 159 g/mol. The molecule has 0 bridgehead atoms. The lowest BCUT2D eigenvalue weighted by atomic mass is 10.0. The molecule has 1 aliphatic carbocycles. The summed E-state index contributed by atoms with van der Waals surface area (Å²) in [5.74, 6) is 0.593. The van der Waals surface area contributed by atoms with E-state index in [9.17, 15) is 4.39 Å². The Bertz CT molecular complexity index is 130. The van der Waals surface area contributed by atoms with Crippen LogP contribution >= 0.6 is 0 Å².